The molecule has 2 amide bonds. The van der Waals surface area contributed by atoms with Crippen molar-refractivity contribution in [2.75, 3.05) is 11.9 Å². The van der Waals surface area contributed by atoms with Crippen LogP contribution in [0.4, 0.5) is 5.69 Å². The molecular weight excluding hydrogens is 308 g/mol. The van der Waals surface area contributed by atoms with E-state index in [4.69, 9.17) is 5.11 Å². The van der Waals surface area contributed by atoms with Gasteiger partial charge in [0, 0.05) is 38.0 Å². The Morgan fingerprint density at radius 1 is 1.17 bits per heavy atom. The molecule has 0 unspecified atom stereocenters. The zero-order valence-corrected chi connectivity index (χ0v) is 13.8. The fourth-order valence-electron chi connectivity index (χ4n) is 2.78. The smallest absolute Gasteiger partial charge is 0.303 e. The largest absolute Gasteiger partial charge is 0.481 e. The second-order valence-corrected chi connectivity index (χ2v) is 6.12. The quantitative estimate of drug-likeness (QED) is 0.717. The zero-order valence-electron chi connectivity index (χ0n) is 13.8. The molecule has 1 aromatic carbocycles. The Hall–Kier alpha value is -2.37. The first-order chi connectivity index (χ1) is 11.5. The Morgan fingerprint density at radius 2 is 1.96 bits per heavy atom. The first-order valence-corrected chi connectivity index (χ1v) is 8.43. The first kappa shape index (κ1) is 18.0. The summed E-state index contributed by atoms with van der Waals surface area (Å²) in [5.74, 6) is -0.768. The third-order valence-electron chi connectivity index (χ3n) is 4.05. The SMILES string of the molecule is O=C(O)CCCCC(=O)Nc1cccc(CN2CCCCC2=O)c1. The van der Waals surface area contributed by atoms with Gasteiger partial charge in [-0.2, -0.15) is 0 Å². The fraction of sp³-hybridized carbons (Fsp3) is 0.500. The van der Waals surface area contributed by atoms with Gasteiger partial charge in [-0.25, -0.2) is 0 Å². The third-order valence-corrected chi connectivity index (χ3v) is 4.05. The summed E-state index contributed by atoms with van der Waals surface area (Å²) in [7, 11) is 0. The van der Waals surface area contributed by atoms with Gasteiger partial charge in [-0.15, -0.1) is 0 Å². The highest BCUT2D eigenvalue weighted by Gasteiger charge is 2.18. The number of likely N-dealkylation sites (tertiary alicyclic amines) is 1. The lowest BCUT2D eigenvalue weighted by atomic mass is 10.1. The number of anilines is 1. The highest BCUT2D eigenvalue weighted by molar-refractivity contribution is 5.90. The van der Waals surface area contributed by atoms with Crippen molar-refractivity contribution >= 4 is 23.5 Å². The van der Waals surface area contributed by atoms with Crippen LogP contribution in [0.3, 0.4) is 0 Å². The molecule has 0 spiro atoms. The van der Waals surface area contributed by atoms with Crippen molar-refractivity contribution in [1.82, 2.24) is 4.90 Å². The van der Waals surface area contributed by atoms with Crippen molar-refractivity contribution in [1.29, 1.82) is 0 Å². The molecule has 0 atom stereocenters. The number of carbonyl (C=O) groups excluding carboxylic acids is 2. The molecule has 0 radical (unpaired) electrons. The molecule has 0 aromatic heterocycles. The third kappa shape index (κ3) is 6.02. The molecule has 1 aliphatic heterocycles. The number of carboxylic acids is 1. The number of nitrogens with one attached hydrogen (secondary N) is 1. The van der Waals surface area contributed by atoms with Crippen molar-refractivity contribution in [3.63, 3.8) is 0 Å². The first-order valence-electron chi connectivity index (χ1n) is 8.43. The molecule has 0 saturated carbocycles. The number of amides is 2. The van der Waals surface area contributed by atoms with Gasteiger partial charge >= 0.3 is 5.97 Å². The van der Waals surface area contributed by atoms with E-state index in [2.05, 4.69) is 5.32 Å². The van der Waals surface area contributed by atoms with E-state index in [0.29, 0.717) is 37.9 Å². The van der Waals surface area contributed by atoms with Crippen LogP contribution >= 0.6 is 0 Å². The van der Waals surface area contributed by atoms with Crippen LogP contribution in [-0.4, -0.2) is 34.3 Å². The van der Waals surface area contributed by atoms with Crippen molar-refractivity contribution in [3.8, 4) is 0 Å². The van der Waals surface area contributed by atoms with E-state index < -0.39 is 5.97 Å². The van der Waals surface area contributed by atoms with E-state index in [9.17, 15) is 14.4 Å². The van der Waals surface area contributed by atoms with E-state index in [1.54, 1.807) is 0 Å². The molecule has 2 N–H and O–H groups in total. The summed E-state index contributed by atoms with van der Waals surface area (Å²) >= 11 is 0. The van der Waals surface area contributed by atoms with Crippen LogP contribution in [0.5, 0.6) is 0 Å². The summed E-state index contributed by atoms with van der Waals surface area (Å²) in [6, 6.07) is 7.52. The molecule has 6 nitrogen and oxygen atoms in total. The molecule has 2 rings (SSSR count). The maximum Gasteiger partial charge on any atom is 0.303 e. The summed E-state index contributed by atoms with van der Waals surface area (Å²) in [6.07, 6.45) is 4.08. The average Bonchev–Trinajstić information content (AvgIpc) is 2.54. The molecule has 0 bridgehead atoms. The molecule has 130 valence electrons. The Kier molecular flexibility index (Phi) is 6.78. The summed E-state index contributed by atoms with van der Waals surface area (Å²) in [6.45, 7) is 1.36. The summed E-state index contributed by atoms with van der Waals surface area (Å²) in [5, 5.41) is 11.4. The average molecular weight is 332 g/mol. The topological polar surface area (TPSA) is 86.7 Å². The van der Waals surface area contributed by atoms with Crippen molar-refractivity contribution < 1.29 is 19.5 Å². The van der Waals surface area contributed by atoms with Crippen molar-refractivity contribution in [2.24, 2.45) is 0 Å². The normalized spacial score (nSPS) is 14.5. The molecule has 1 fully saturated rings. The van der Waals surface area contributed by atoms with Gasteiger partial charge in [0.05, 0.1) is 0 Å². The Balaban J connectivity index is 1.82. The molecule has 1 saturated heterocycles. The zero-order chi connectivity index (χ0) is 17.4. The van der Waals surface area contributed by atoms with Crippen molar-refractivity contribution in [2.45, 2.75) is 51.5 Å². The predicted octanol–water partition coefficient (Wildman–Crippen LogP) is 2.78. The predicted molar refractivity (Wildman–Crippen MR) is 90.4 cm³/mol. The van der Waals surface area contributed by atoms with Gasteiger partial charge in [0.25, 0.3) is 0 Å². The molecule has 24 heavy (non-hydrogen) atoms. The standard InChI is InChI=1S/C18H24N2O4/c21-16(8-1-2-10-18(23)24)19-15-7-5-6-14(12-15)13-20-11-4-3-9-17(20)22/h5-7,12H,1-4,8-11,13H2,(H,19,21)(H,23,24). The Morgan fingerprint density at radius 3 is 2.71 bits per heavy atom. The van der Waals surface area contributed by atoms with E-state index in [0.717, 1.165) is 24.9 Å². The molecular formula is C18H24N2O4. The summed E-state index contributed by atoms with van der Waals surface area (Å²) in [4.78, 5) is 36.0. The molecule has 1 aliphatic rings. The van der Waals surface area contributed by atoms with Crippen LogP contribution in [0.1, 0.15) is 50.5 Å². The highest BCUT2D eigenvalue weighted by Crippen LogP contribution is 2.17. The minimum atomic E-state index is -0.838. The van der Waals surface area contributed by atoms with Gasteiger partial charge in [0.15, 0.2) is 0 Å². The van der Waals surface area contributed by atoms with Gasteiger partial charge < -0.3 is 15.3 Å². The monoisotopic (exact) mass is 332 g/mol. The van der Waals surface area contributed by atoms with E-state index in [-0.39, 0.29) is 18.2 Å². The van der Waals surface area contributed by atoms with Crippen LogP contribution in [0.2, 0.25) is 0 Å². The Bertz CT molecular complexity index is 600. The number of hydrogen-bond donors (Lipinski definition) is 2. The number of unbranched alkanes of at least 4 members (excludes halogenated alkanes) is 1. The molecule has 0 aliphatic carbocycles. The molecule has 6 heteroatoms. The van der Waals surface area contributed by atoms with Gasteiger partial charge in [-0.3, -0.25) is 14.4 Å². The minimum absolute atomic E-state index is 0.0899. The highest BCUT2D eigenvalue weighted by atomic mass is 16.4. The second kappa shape index (κ2) is 9.05. The number of hydrogen-bond acceptors (Lipinski definition) is 3. The summed E-state index contributed by atoms with van der Waals surface area (Å²) < 4.78 is 0. The maximum absolute atomic E-state index is 11.9. The lowest BCUT2D eigenvalue weighted by molar-refractivity contribution is -0.137. The van der Waals surface area contributed by atoms with Gasteiger partial charge in [-0.05, 0) is 43.4 Å². The van der Waals surface area contributed by atoms with Gasteiger partial charge in [0.1, 0.15) is 0 Å². The number of piperidine rings is 1. The number of benzene rings is 1. The number of nitrogens with zero attached hydrogens (tertiary/aromatic N) is 1. The van der Waals surface area contributed by atoms with Gasteiger partial charge in [0.2, 0.25) is 11.8 Å². The van der Waals surface area contributed by atoms with Crippen LogP contribution in [0.15, 0.2) is 24.3 Å². The van der Waals surface area contributed by atoms with E-state index in [1.165, 1.54) is 0 Å². The number of aliphatic carboxylic acids is 1. The molecule has 1 heterocycles. The Labute approximate surface area is 141 Å². The number of carboxylic acid groups (broad SMARTS) is 1. The van der Waals surface area contributed by atoms with Crippen LogP contribution in [0.25, 0.3) is 0 Å². The van der Waals surface area contributed by atoms with Crippen molar-refractivity contribution in [3.05, 3.63) is 29.8 Å². The van der Waals surface area contributed by atoms with Crippen LogP contribution < -0.4 is 5.32 Å². The second-order valence-electron chi connectivity index (χ2n) is 6.12. The van der Waals surface area contributed by atoms with Crippen LogP contribution in [0, 0.1) is 0 Å². The summed E-state index contributed by atoms with van der Waals surface area (Å²) in [5.41, 5.74) is 1.70. The van der Waals surface area contributed by atoms with E-state index in [1.807, 2.05) is 29.2 Å². The number of rotatable bonds is 8. The number of carbonyl (C=O) groups is 3. The molecule has 1 aromatic rings. The lowest BCUT2D eigenvalue weighted by Gasteiger charge is -2.26. The van der Waals surface area contributed by atoms with E-state index >= 15 is 0 Å². The van der Waals surface area contributed by atoms with Crippen LogP contribution in [-0.2, 0) is 20.9 Å². The van der Waals surface area contributed by atoms with Gasteiger partial charge in [-0.1, -0.05) is 12.1 Å². The lowest BCUT2D eigenvalue weighted by Crippen LogP contribution is -2.34. The fourth-order valence-corrected chi connectivity index (χ4v) is 2.78. The minimum Gasteiger partial charge on any atom is -0.481 e. The maximum atomic E-state index is 11.9.